The van der Waals surface area contributed by atoms with E-state index in [1.54, 1.807) is 11.8 Å². The van der Waals surface area contributed by atoms with Gasteiger partial charge in [0, 0.05) is 6.54 Å². The van der Waals surface area contributed by atoms with Gasteiger partial charge in [0.1, 0.15) is 0 Å². The first kappa shape index (κ1) is 15.3. The highest BCUT2D eigenvalue weighted by Gasteiger charge is 2.40. The number of aliphatic carboxylic acids is 1. The van der Waals surface area contributed by atoms with E-state index in [-0.39, 0.29) is 11.8 Å². The smallest absolute Gasteiger partial charge is 0.307 e. The molecule has 5 heteroatoms. The Bertz CT molecular complexity index is 296. The number of hydrogen-bond acceptors (Lipinski definition) is 3. The summed E-state index contributed by atoms with van der Waals surface area (Å²) < 4.78 is 0. The third kappa shape index (κ3) is 4.52. The van der Waals surface area contributed by atoms with Crippen LogP contribution in [-0.4, -0.2) is 35.5 Å². The van der Waals surface area contributed by atoms with Crippen molar-refractivity contribution in [3.63, 3.8) is 0 Å². The van der Waals surface area contributed by atoms with E-state index < -0.39 is 11.9 Å². The number of carboxylic acids is 1. The number of carboxylic acid groups (broad SMARTS) is 1. The maximum Gasteiger partial charge on any atom is 0.307 e. The monoisotopic (exact) mass is 273 g/mol. The molecule has 1 saturated carbocycles. The van der Waals surface area contributed by atoms with Crippen molar-refractivity contribution in [2.24, 2.45) is 17.8 Å². The number of hydrogen-bond donors (Lipinski definition) is 2. The Balaban J connectivity index is 2.33. The van der Waals surface area contributed by atoms with E-state index in [0.717, 1.165) is 18.6 Å². The molecule has 0 saturated heterocycles. The van der Waals surface area contributed by atoms with Crippen LogP contribution in [0.25, 0.3) is 0 Å². The summed E-state index contributed by atoms with van der Waals surface area (Å²) in [5.74, 6) is -0.297. The Morgan fingerprint density at radius 3 is 2.56 bits per heavy atom. The van der Waals surface area contributed by atoms with Gasteiger partial charge in [-0.05, 0) is 43.6 Å². The lowest BCUT2D eigenvalue weighted by atomic mass is 9.95. The summed E-state index contributed by atoms with van der Waals surface area (Å²) in [6, 6.07) is 0. The lowest BCUT2D eigenvalue weighted by molar-refractivity contribution is -0.146. The molecule has 1 unspecified atom stereocenters. The van der Waals surface area contributed by atoms with E-state index in [2.05, 4.69) is 11.6 Å². The first-order chi connectivity index (χ1) is 8.56. The summed E-state index contributed by atoms with van der Waals surface area (Å²) in [7, 11) is 0. The van der Waals surface area contributed by atoms with E-state index in [0.29, 0.717) is 25.3 Å². The molecule has 0 aromatic heterocycles. The van der Waals surface area contributed by atoms with E-state index in [1.807, 2.05) is 6.92 Å². The van der Waals surface area contributed by atoms with E-state index in [1.165, 1.54) is 0 Å². The van der Waals surface area contributed by atoms with Crippen molar-refractivity contribution in [2.45, 2.75) is 32.6 Å². The Labute approximate surface area is 113 Å². The fraction of sp³-hybridized carbons (Fsp3) is 0.846. The maximum absolute atomic E-state index is 12.0. The summed E-state index contributed by atoms with van der Waals surface area (Å²) in [6.07, 6.45) is 5.45. The van der Waals surface area contributed by atoms with Crippen LogP contribution in [0.5, 0.6) is 0 Å². The molecule has 1 fully saturated rings. The van der Waals surface area contributed by atoms with Gasteiger partial charge in [0.2, 0.25) is 5.91 Å². The van der Waals surface area contributed by atoms with Crippen LogP contribution in [0.2, 0.25) is 0 Å². The van der Waals surface area contributed by atoms with Crippen molar-refractivity contribution < 1.29 is 14.7 Å². The molecule has 1 aliphatic rings. The maximum atomic E-state index is 12.0. The molecule has 0 spiro atoms. The highest BCUT2D eigenvalue weighted by atomic mass is 32.2. The third-order valence-electron chi connectivity index (χ3n) is 3.53. The van der Waals surface area contributed by atoms with Gasteiger partial charge in [-0.25, -0.2) is 0 Å². The predicted octanol–water partition coefficient (Wildman–Crippen LogP) is 1.99. The first-order valence-corrected chi connectivity index (χ1v) is 7.95. The molecule has 0 heterocycles. The van der Waals surface area contributed by atoms with Crippen molar-refractivity contribution in [2.75, 3.05) is 18.6 Å². The van der Waals surface area contributed by atoms with Gasteiger partial charge in [-0.2, -0.15) is 11.8 Å². The summed E-state index contributed by atoms with van der Waals surface area (Å²) in [4.78, 5) is 23.1. The molecule has 18 heavy (non-hydrogen) atoms. The molecule has 2 N–H and O–H groups in total. The zero-order chi connectivity index (χ0) is 13.5. The Morgan fingerprint density at radius 1 is 1.28 bits per heavy atom. The van der Waals surface area contributed by atoms with Gasteiger partial charge in [-0.15, -0.1) is 0 Å². The van der Waals surface area contributed by atoms with Crippen LogP contribution in [-0.2, 0) is 9.59 Å². The van der Waals surface area contributed by atoms with Gasteiger partial charge in [0.15, 0.2) is 0 Å². The standard InChI is InChI=1S/C13H23NO3S/c1-9-7-10(11(8-9)13(16)17)12(15)14-5-3-4-6-18-2/h9-11H,3-8H2,1-2H3,(H,14,15)(H,16,17)/t9?,10-,11+/m0/s1. The van der Waals surface area contributed by atoms with Crippen LogP contribution in [0.4, 0.5) is 0 Å². The summed E-state index contributed by atoms with van der Waals surface area (Å²) >= 11 is 1.80. The average molecular weight is 273 g/mol. The average Bonchev–Trinajstić information content (AvgIpc) is 2.71. The minimum Gasteiger partial charge on any atom is -0.481 e. The second-order valence-corrected chi connectivity index (χ2v) is 6.10. The van der Waals surface area contributed by atoms with Crippen molar-refractivity contribution >= 4 is 23.6 Å². The summed E-state index contributed by atoms with van der Waals surface area (Å²) in [6.45, 7) is 2.68. The number of amides is 1. The normalized spacial score (nSPS) is 27.1. The molecule has 1 rings (SSSR count). The molecule has 0 bridgehead atoms. The number of thioether (sulfide) groups is 1. The van der Waals surface area contributed by atoms with Gasteiger partial charge < -0.3 is 10.4 Å². The van der Waals surface area contributed by atoms with Crippen LogP contribution >= 0.6 is 11.8 Å². The van der Waals surface area contributed by atoms with Crippen LogP contribution in [0.15, 0.2) is 0 Å². The van der Waals surface area contributed by atoms with E-state index in [9.17, 15) is 9.59 Å². The van der Waals surface area contributed by atoms with Crippen LogP contribution in [0.3, 0.4) is 0 Å². The highest BCUT2D eigenvalue weighted by Crippen LogP contribution is 2.36. The lowest BCUT2D eigenvalue weighted by Gasteiger charge is -2.15. The molecule has 4 nitrogen and oxygen atoms in total. The number of carbonyl (C=O) groups excluding carboxylic acids is 1. The Hall–Kier alpha value is -0.710. The fourth-order valence-corrected chi connectivity index (χ4v) is 3.06. The third-order valence-corrected chi connectivity index (χ3v) is 4.22. The van der Waals surface area contributed by atoms with Crippen LogP contribution in [0.1, 0.15) is 32.6 Å². The zero-order valence-electron chi connectivity index (χ0n) is 11.1. The molecule has 3 atom stereocenters. The summed E-state index contributed by atoms with van der Waals surface area (Å²) in [5.41, 5.74) is 0. The summed E-state index contributed by atoms with van der Waals surface area (Å²) in [5, 5.41) is 12.0. The first-order valence-electron chi connectivity index (χ1n) is 6.55. The lowest BCUT2D eigenvalue weighted by Crippen LogP contribution is -2.35. The second kappa shape index (κ2) is 7.67. The molecule has 1 amide bonds. The van der Waals surface area contributed by atoms with Gasteiger partial charge >= 0.3 is 5.97 Å². The van der Waals surface area contributed by atoms with Crippen molar-refractivity contribution in [3.05, 3.63) is 0 Å². The zero-order valence-corrected chi connectivity index (χ0v) is 12.0. The second-order valence-electron chi connectivity index (χ2n) is 5.12. The van der Waals surface area contributed by atoms with E-state index >= 15 is 0 Å². The quantitative estimate of drug-likeness (QED) is 0.696. The predicted molar refractivity (Wildman–Crippen MR) is 73.6 cm³/mol. The van der Waals surface area contributed by atoms with Crippen molar-refractivity contribution in [1.29, 1.82) is 0 Å². The van der Waals surface area contributed by atoms with Crippen molar-refractivity contribution in [3.8, 4) is 0 Å². The highest BCUT2D eigenvalue weighted by molar-refractivity contribution is 7.98. The van der Waals surface area contributed by atoms with Gasteiger partial charge in [0.25, 0.3) is 0 Å². The molecule has 1 aliphatic carbocycles. The van der Waals surface area contributed by atoms with Crippen LogP contribution < -0.4 is 5.32 Å². The van der Waals surface area contributed by atoms with Crippen molar-refractivity contribution in [1.82, 2.24) is 5.32 Å². The molecule has 0 radical (unpaired) electrons. The van der Waals surface area contributed by atoms with Gasteiger partial charge in [-0.3, -0.25) is 9.59 Å². The molecule has 0 aromatic rings. The van der Waals surface area contributed by atoms with Crippen LogP contribution in [0, 0.1) is 17.8 Å². The topological polar surface area (TPSA) is 66.4 Å². The van der Waals surface area contributed by atoms with Gasteiger partial charge in [0.05, 0.1) is 11.8 Å². The largest absolute Gasteiger partial charge is 0.481 e. The molecule has 0 aliphatic heterocycles. The minimum atomic E-state index is -0.832. The number of unbranched alkanes of at least 4 members (excludes halogenated alkanes) is 1. The number of nitrogens with one attached hydrogen (secondary N) is 1. The molecule has 0 aromatic carbocycles. The fourth-order valence-electron chi connectivity index (χ4n) is 2.57. The van der Waals surface area contributed by atoms with Gasteiger partial charge in [-0.1, -0.05) is 6.92 Å². The molecular weight excluding hydrogens is 250 g/mol. The number of rotatable bonds is 7. The molecule has 104 valence electrons. The Kier molecular flexibility index (Phi) is 6.54. The SMILES string of the molecule is CSCCCCNC(=O)[C@H]1CC(C)C[C@H]1C(=O)O. The minimum absolute atomic E-state index is 0.0732. The molecular formula is C13H23NO3S. The number of carbonyl (C=O) groups is 2. The Morgan fingerprint density at radius 2 is 1.94 bits per heavy atom. The van der Waals surface area contributed by atoms with E-state index in [4.69, 9.17) is 5.11 Å².